The van der Waals surface area contributed by atoms with Crippen LogP contribution in [-0.2, 0) is 0 Å². The highest BCUT2D eigenvalue weighted by molar-refractivity contribution is 7.80. The molecule has 0 aliphatic heterocycles. The monoisotopic (exact) mass is 319 g/mol. The predicted molar refractivity (Wildman–Crippen MR) is 97.6 cm³/mol. The van der Waals surface area contributed by atoms with Crippen molar-refractivity contribution in [3.63, 3.8) is 0 Å². The maximum Gasteiger partial charge on any atom is 0.187 e. The number of ether oxygens (including phenoxy) is 1. The van der Waals surface area contributed by atoms with Crippen molar-refractivity contribution in [3.8, 4) is 5.75 Å². The van der Waals surface area contributed by atoms with Crippen molar-refractivity contribution in [1.29, 1.82) is 0 Å². The molecule has 0 heterocycles. The molecule has 0 saturated carbocycles. The average Bonchev–Trinajstić information content (AvgIpc) is 2.54. The largest absolute Gasteiger partial charge is 0.494 e. The van der Waals surface area contributed by atoms with Gasteiger partial charge in [-0.1, -0.05) is 32.3 Å². The molecule has 0 saturated heterocycles. The van der Waals surface area contributed by atoms with E-state index < -0.39 is 0 Å². The maximum absolute atomic E-state index is 5.69. The number of benzene rings is 1. The third kappa shape index (κ3) is 8.42. The van der Waals surface area contributed by atoms with Crippen molar-refractivity contribution in [3.05, 3.63) is 42.5 Å². The number of hydrazone groups is 1. The fraction of sp³-hybridized carbons (Fsp3) is 0.412. The van der Waals surface area contributed by atoms with Gasteiger partial charge in [-0.3, -0.25) is 5.43 Å². The molecule has 0 aliphatic rings. The molecule has 120 valence electrons. The molecule has 22 heavy (non-hydrogen) atoms. The van der Waals surface area contributed by atoms with Gasteiger partial charge in [0, 0.05) is 6.54 Å². The minimum atomic E-state index is 0.475. The van der Waals surface area contributed by atoms with Crippen LogP contribution < -0.4 is 15.5 Å². The number of rotatable bonds is 10. The van der Waals surface area contributed by atoms with Crippen LogP contribution in [0.1, 0.15) is 38.2 Å². The van der Waals surface area contributed by atoms with E-state index in [1.165, 1.54) is 19.3 Å². The van der Waals surface area contributed by atoms with E-state index >= 15 is 0 Å². The lowest BCUT2D eigenvalue weighted by Gasteiger charge is -2.06. The Kier molecular flexibility index (Phi) is 9.70. The molecule has 0 spiro atoms. The Morgan fingerprint density at radius 1 is 1.27 bits per heavy atom. The molecule has 1 aromatic rings. The molecular formula is C17H25N3OS. The van der Waals surface area contributed by atoms with Crippen LogP contribution in [0.4, 0.5) is 0 Å². The highest BCUT2D eigenvalue weighted by Gasteiger charge is 1.95. The Bertz CT molecular complexity index is 471. The first-order valence-corrected chi connectivity index (χ1v) is 8.07. The van der Waals surface area contributed by atoms with Crippen molar-refractivity contribution in [2.24, 2.45) is 5.10 Å². The lowest BCUT2D eigenvalue weighted by atomic mass is 10.2. The Hall–Kier alpha value is -1.88. The number of hydrogen-bond acceptors (Lipinski definition) is 3. The lowest BCUT2D eigenvalue weighted by molar-refractivity contribution is 0.305. The van der Waals surface area contributed by atoms with E-state index in [0.29, 0.717) is 11.7 Å². The van der Waals surface area contributed by atoms with Crippen LogP contribution in [0, 0.1) is 0 Å². The minimum Gasteiger partial charge on any atom is -0.494 e. The molecule has 0 aliphatic carbocycles. The highest BCUT2D eigenvalue weighted by atomic mass is 32.1. The number of unbranched alkanes of at least 4 members (excludes halogenated alkanes) is 3. The normalized spacial score (nSPS) is 10.4. The van der Waals surface area contributed by atoms with Crippen LogP contribution in [-0.4, -0.2) is 24.5 Å². The number of nitrogens with zero attached hydrogens (tertiary/aromatic N) is 1. The molecule has 0 amide bonds. The molecular weight excluding hydrogens is 294 g/mol. The molecule has 4 nitrogen and oxygen atoms in total. The molecule has 0 atom stereocenters. The first-order valence-electron chi connectivity index (χ1n) is 7.67. The van der Waals surface area contributed by atoms with E-state index in [2.05, 4.69) is 29.3 Å². The summed E-state index contributed by atoms with van der Waals surface area (Å²) in [7, 11) is 0. The van der Waals surface area contributed by atoms with E-state index in [1.54, 1.807) is 12.3 Å². The topological polar surface area (TPSA) is 45.7 Å². The molecule has 1 rings (SSSR count). The molecule has 5 heteroatoms. The summed E-state index contributed by atoms with van der Waals surface area (Å²) in [5.74, 6) is 0.893. The van der Waals surface area contributed by atoms with Crippen molar-refractivity contribution in [1.82, 2.24) is 10.7 Å². The lowest BCUT2D eigenvalue weighted by Crippen LogP contribution is -2.31. The molecule has 0 bridgehead atoms. The van der Waals surface area contributed by atoms with Gasteiger partial charge in [-0.25, -0.2) is 0 Å². The molecule has 0 unspecified atom stereocenters. The number of thiocarbonyl (C=S) groups is 1. The third-order valence-electron chi connectivity index (χ3n) is 2.93. The first-order chi connectivity index (χ1) is 10.8. The van der Waals surface area contributed by atoms with Crippen LogP contribution in [0.5, 0.6) is 5.75 Å². The SMILES string of the molecule is C=CCNC(=S)N/N=C/c1ccc(OCCCCCC)cc1. The minimum absolute atomic E-state index is 0.475. The van der Waals surface area contributed by atoms with Gasteiger partial charge in [-0.05, 0) is 48.5 Å². The summed E-state index contributed by atoms with van der Waals surface area (Å²) in [6.07, 6.45) is 8.30. The Morgan fingerprint density at radius 3 is 2.73 bits per heavy atom. The Labute approximate surface area is 138 Å². The van der Waals surface area contributed by atoms with Gasteiger partial charge in [-0.15, -0.1) is 6.58 Å². The number of nitrogens with one attached hydrogen (secondary N) is 2. The van der Waals surface area contributed by atoms with Gasteiger partial charge in [-0.2, -0.15) is 5.10 Å². The van der Waals surface area contributed by atoms with Crippen molar-refractivity contribution in [2.45, 2.75) is 32.6 Å². The van der Waals surface area contributed by atoms with E-state index in [1.807, 2.05) is 24.3 Å². The average molecular weight is 319 g/mol. The first kappa shape index (κ1) is 18.2. The third-order valence-corrected chi connectivity index (χ3v) is 3.17. The Morgan fingerprint density at radius 2 is 2.05 bits per heavy atom. The van der Waals surface area contributed by atoms with Crippen LogP contribution in [0.15, 0.2) is 42.0 Å². The summed E-state index contributed by atoms with van der Waals surface area (Å²) in [6, 6.07) is 7.84. The van der Waals surface area contributed by atoms with Crippen molar-refractivity contribution >= 4 is 23.5 Å². The van der Waals surface area contributed by atoms with E-state index in [9.17, 15) is 0 Å². The molecule has 0 radical (unpaired) electrons. The van der Waals surface area contributed by atoms with Crippen LogP contribution in [0.25, 0.3) is 0 Å². The molecule has 0 aromatic heterocycles. The fourth-order valence-corrected chi connectivity index (χ4v) is 1.87. The standard InChI is InChI=1S/C17H25N3OS/c1-3-5-6-7-13-21-16-10-8-15(9-11-16)14-19-20-17(22)18-12-4-2/h4,8-11,14H,2-3,5-7,12-13H2,1H3,(H2,18,20,22)/b19-14+. The predicted octanol–water partition coefficient (Wildman–Crippen LogP) is 3.63. The van der Waals surface area contributed by atoms with Crippen molar-refractivity contribution < 1.29 is 4.74 Å². The second-order valence-electron chi connectivity index (χ2n) is 4.85. The molecule has 0 fully saturated rings. The fourth-order valence-electron chi connectivity index (χ4n) is 1.74. The van der Waals surface area contributed by atoms with Crippen LogP contribution >= 0.6 is 12.2 Å². The van der Waals surface area contributed by atoms with Gasteiger partial charge in [0.25, 0.3) is 0 Å². The van der Waals surface area contributed by atoms with Gasteiger partial charge in [0.1, 0.15) is 5.75 Å². The second kappa shape index (κ2) is 11.7. The summed E-state index contributed by atoms with van der Waals surface area (Å²) >= 11 is 5.03. The molecule has 2 N–H and O–H groups in total. The Balaban J connectivity index is 2.29. The van der Waals surface area contributed by atoms with E-state index in [4.69, 9.17) is 17.0 Å². The van der Waals surface area contributed by atoms with E-state index in [-0.39, 0.29) is 0 Å². The highest BCUT2D eigenvalue weighted by Crippen LogP contribution is 2.12. The van der Waals surface area contributed by atoms with Crippen LogP contribution in [0.3, 0.4) is 0 Å². The maximum atomic E-state index is 5.69. The van der Waals surface area contributed by atoms with Gasteiger partial charge in [0.15, 0.2) is 5.11 Å². The van der Waals surface area contributed by atoms with Crippen LogP contribution in [0.2, 0.25) is 0 Å². The summed E-state index contributed by atoms with van der Waals surface area (Å²) in [6.45, 7) is 7.20. The zero-order valence-corrected chi connectivity index (χ0v) is 14.0. The second-order valence-corrected chi connectivity index (χ2v) is 5.26. The van der Waals surface area contributed by atoms with Gasteiger partial charge in [0.05, 0.1) is 12.8 Å². The smallest absolute Gasteiger partial charge is 0.187 e. The number of hydrogen-bond donors (Lipinski definition) is 2. The zero-order chi connectivity index (χ0) is 16.0. The summed E-state index contributed by atoms with van der Waals surface area (Å²) in [5.41, 5.74) is 3.73. The quantitative estimate of drug-likeness (QED) is 0.227. The van der Waals surface area contributed by atoms with E-state index in [0.717, 1.165) is 24.3 Å². The van der Waals surface area contributed by atoms with Gasteiger partial charge in [0.2, 0.25) is 0 Å². The molecule has 1 aromatic carbocycles. The summed E-state index contributed by atoms with van der Waals surface area (Å²) < 4.78 is 5.69. The zero-order valence-electron chi connectivity index (χ0n) is 13.2. The van der Waals surface area contributed by atoms with Gasteiger partial charge >= 0.3 is 0 Å². The van der Waals surface area contributed by atoms with Crippen molar-refractivity contribution in [2.75, 3.05) is 13.2 Å². The summed E-state index contributed by atoms with van der Waals surface area (Å²) in [5, 5.41) is 7.48. The summed E-state index contributed by atoms with van der Waals surface area (Å²) in [4.78, 5) is 0. The van der Waals surface area contributed by atoms with Gasteiger partial charge < -0.3 is 10.1 Å².